The van der Waals surface area contributed by atoms with Crippen LogP contribution in [0.25, 0.3) is 0 Å². The first-order valence-electron chi connectivity index (χ1n) is 5.51. The summed E-state index contributed by atoms with van der Waals surface area (Å²) in [7, 11) is 2.12. The maximum atomic E-state index is 5.34. The number of nitrogens with zero attached hydrogens (tertiary/aromatic N) is 1. The lowest BCUT2D eigenvalue weighted by atomic mass is 9.88. The zero-order chi connectivity index (χ0) is 10.7. The smallest absolute Gasteiger partial charge is 0.0598 e. The highest BCUT2D eigenvalue weighted by atomic mass is 15.1. The number of hydrogen-bond acceptors (Lipinski definition) is 1. The minimum Gasteiger partial charge on any atom is -0.292 e. The summed E-state index contributed by atoms with van der Waals surface area (Å²) < 4.78 is 0. The van der Waals surface area contributed by atoms with E-state index >= 15 is 0 Å². The molecule has 1 nitrogen and oxygen atoms in total. The zero-order valence-corrected chi connectivity index (χ0v) is 9.24. The molecule has 1 aromatic rings. The molecule has 86 valence electrons. The fourth-order valence-corrected chi connectivity index (χ4v) is 2.33. The maximum Gasteiger partial charge on any atom is 0.0598 e. The van der Waals surface area contributed by atoms with Crippen molar-refractivity contribution in [1.82, 2.24) is 4.90 Å². The molecule has 1 unspecified atom stereocenters. The van der Waals surface area contributed by atoms with Crippen LogP contribution in [-0.2, 0) is 12.8 Å². The summed E-state index contributed by atoms with van der Waals surface area (Å²) in [5.41, 5.74) is 3.01. The molecule has 2 rings (SSSR count). The minimum absolute atomic E-state index is 0. The molecule has 1 aliphatic carbocycles. The van der Waals surface area contributed by atoms with Crippen LogP contribution >= 0.6 is 0 Å². The summed E-state index contributed by atoms with van der Waals surface area (Å²) in [6, 6.07) is 9.36. The second-order valence-corrected chi connectivity index (χ2v) is 4.28. The maximum absolute atomic E-state index is 5.34. The molecule has 0 saturated carbocycles. The van der Waals surface area contributed by atoms with Crippen LogP contribution in [0.3, 0.4) is 0 Å². The second-order valence-electron chi connectivity index (χ2n) is 4.28. The number of likely N-dealkylation sites (N-methyl/N-ethyl adjacent to an activating group) is 1. The Balaban J connectivity index is 0.00000128. The van der Waals surface area contributed by atoms with Crippen molar-refractivity contribution in [3.8, 4) is 12.3 Å². The minimum atomic E-state index is 0. The van der Waals surface area contributed by atoms with E-state index in [1.807, 2.05) is 0 Å². The quantitative estimate of drug-likeness (QED) is 0.686. The molecule has 0 fully saturated rings. The summed E-state index contributed by atoms with van der Waals surface area (Å²) in [4.78, 5) is 2.29. The zero-order valence-electron chi connectivity index (χ0n) is 9.24. The summed E-state index contributed by atoms with van der Waals surface area (Å²) in [5.74, 6) is 2.71. The van der Waals surface area contributed by atoms with Gasteiger partial charge in [-0.15, -0.1) is 6.42 Å². The van der Waals surface area contributed by atoms with Gasteiger partial charge in [-0.3, -0.25) is 4.90 Å². The molecular formula is C15H21N. The van der Waals surface area contributed by atoms with Crippen molar-refractivity contribution in [3.05, 3.63) is 35.4 Å². The highest BCUT2D eigenvalue weighted by Crippen LogP contribution is 2.23. The van der Waals surface area contributed by atoms with Gasteiger partial charge in [0.25, 0.3) is 0 Å². The largest absolute Gasteiger partial charge is 0.292 e. The first-order valence-corrected chi connectivity index (χ1v) is 5.51. The number of terminal acetylenes is 1. The van der Waals surface area contributed by atoms with Crippen molar-refractivity contribution < 1.29 is 0 Å². The molecule has 0 spiro atoms. The van der Waals surface area contributed by atoms with Gasteiger partial charge < -0.3 is 0 Å². The highest BCUT2D eigenvalue weighted by Gasteiger charge is 2.20. The molecule has 1 aromatic carbocycles. The lowest BCUT2D eigenvalue weighted by molar-refractivity contribution is 0.247. The Morgan fingerprint density at radius 1 is 1.38 bits per heavy atom. The Hall–Kier alpha value is -1.26. The third kappa shape index (κ3) is 2.65. The van der Waals surface area contributed by atoms with Crippen molar-refractivity contribution >= 4 is 0 Å². The van der Waals surface area contributed by atoms with Gasteiger partial charge in [-0.05, 0) is 37.4 Å². The third-order valence-corrected chi connectivity index (χ3v) is 3.28. The third-order valence-electron chi connectivity index (χ3n) is 3.28. The van der Waals surface area contributed by atoms with E-state index < -0.39 is 0 Å². The molecule has 0 heterocycles. The Kier molecular flexibility index (Phi) is 4.58. The number of aryl methyl sites for hydroxylation is 1. The van der Waals surface area contributed by atoms with Gasteiger partial charge in [0.05, 0.1) is 6.54 Å². The van der Waals surface area contributed by atoms with Gasteiger partial charge in [0.1, 0.15) is 0 Å². The van der Waals surface area contributed by atoms with Crippen LogP contribution in [0.1, 0.15) is 25.0 Å². The van der Waals surface area contributed by atoms with Crippen molar-refractivity contribution in [2.75, 3.05) is 13.6 Å². The van der Waals surface area contributed by atoms with Crippen molar-refractivity contribution in [3.63, 3.8) is 0 Å². The van der Waals surface area contributed by atoms with Crippen molar-refractivity contribution in [1.29, 1.82) is 0 Å². The molecule has 16 heavy (non-hydrogen) atoms. The van der Waals surface area contributed by atoms with E-state index in [0.717, 1.165) is 13.0 Å². The fraction of sp³-hybridized carbons (Fsp3) is 0.467. The normalized spacial score (nSPS) is 18.4. The van der Waals surface area contributed by atoms with E-state index in [9.17, 15) is 0 Å². The van der Waals surface area contributed by atoms with E-state index in [2.05, 4.69) is 42.1 Å². The van der Waals surface area contributed by atoms with Gasteiger partial charge in [-0.25, -0.2) is 0 Å². The number of benzene rings is 1. The van der Waals surface area contributed by atoms with Gasteiger partial charge in [0, 0.05) is 6.04 Å². The first-order chi connectivity index (χ1) is 7.31. The van der Waals surface area contributed by atoms with Crippen LogP contribution in [0.15, 0.2) is 24.3 Å². The first kappa shape index (κ1) is 12.8. The highest BCUT2D eigenvalue weighted by molar-refractivity contribution is 5.30. The molecule has 0 aromatic heterocycles. The van der Waals surface area contributed by atoms with E-state index in [4.69, 9.17) is 6.42 Å². The lowest BCUT2D eigenvalue weighted by Gasteiger charge is -2.31. The molecule has 0 aliphatic heterocycles. The van der Waals surface area contributed by atoms with Crippen molar-refractivity contribution in [2.45, 2.75) is 32.7 Å². The molecule has 1 aliphatic rings. The summed E-state index contributed by atoms with van der Waals surface area (Å²) in [5, 5.41) is 0. The Morgan fingerprint density at radius 3 is 2.75 bits per heavy atom. The Morgan fingerprint density at radius 2 is 2.06 bits per heavy atom. The molecule has 1 atom stereocenters. The van der Waals surface area contributed by atoms with Crippen LogP contribution in [0.2, 0.25) is 0 Å². The SMILES string of the molecule is C.C#CCN(C)C1CCc2ccccc2C1. The average Bonchev–Trinajstić information content (AvgIpc) is 2.29. The monoisotopic (exact) mass is 215 g/mol. The molecule has 0 saturated heterocycles. The van der Waals surface area contributed by atoms with Crippen LogP contribution in [0.4, 0.5) is 0 Å². The van der Waals surface area contributed by atoms with E-state index in [-0.39, 0.29) is 7.43 Å². The molecule has 0 radical (unpaired) electrons. The Labute approximate surface area is 99.5 Å². The topological polar surface area (TPSA) is 3.24 Å². The van der Waals surface area contributed by atoms with Gasteiger partial charge in [0.2, 0.25) is 0 Å². The standard InChI is InChI=1S/C14H17N.CH4/c1-3-10-15(2)14-9-8-12-6-4-5-7-13(12)11-14;/h1,4-7,14H,8-11H2,2H3;1H4. The van der Waals surface area contributed by atoms with Crippen LogP contribution in [0.5, 0.6) is 0 Å². The average molecular weight is 215 g/mol. The number of rotatable bonds is 2. The van der Waals surface area contributed by atoms with E-state index in [0.29, 0.717) is 6.04 Å². The summed E-state index contributed by atoms with van der Waals surface area (Å²) in [6.07, 6.45) is 8.91. The lowest BCUT2D eigenvalue weighted by Crippen LogP contribution is -2.36. The van der Waals surface area contributed by atoms with Gasteiger partial charge in [-0.1, -0.05) is 37.6 Å². The van der Waals surface area contributed by atoms with Gasteiger partial charge in [-0.2, -0.15) is 0 Å². The predicted octanol–water partition coefficient (Wildman–Crippen LogP) is 2.75. The van der Waals surface area contributed by atoms with Crippen LogP contribution in [-0.4, -0.2) is 24.5 Å². The summed E-state index contributed by atoms with van der Waals surface area (Å²) in [6.45, 7) is 0.757. The van der Waals surface area contributed by atoms with Crippen molar-refractivity contribution in [2.24, 2.45) is 0 Å². The fourth-order valence-electron chi connectivity index (χ4n) is 2.33. The molecule has 0 N–H and O–H groups in total. The van der Waals surface area contributed by atoms with Crippen LogP contribution < -0.4 is 0 Å². The van der Waals surface area contributed by atoms with E-state index in [1.54, 1.807) is 0 Å². The summed E-state index contributed by atoms with van der Waals surface area (Å²) >= 11 is 0. The second kappa shape index (κ2) is 5.72. The van der Waals surface area contributed by atoms with Crippen LogP contribution in [0, 0.1) is 12.3 Å². The van der Waals surface area contributed by atoms with Gasteiger partial charge >= 0.3 is 0 Å². The predicted molar refractivity (Wildman–Crippen MR) is 70.4 cm³/mol. The molecule has 0 amide bonds. The molecular weight excluding hydrogens is 194 g/mol. The number of fused-ring (bicyclic) bond motifs is 1. The van der Waals surface area contributed by atoms with E-state index in [1.165, 1.54) is 24.0 Å². The molecule has 1 heteroatoms. The number of hydrogen-bond donors (Lipinski definition) is 0. The Bertz CT molecular complexity index is 375. The van der Waals surface area contributed by atoms with Gasteiger partial charge in [0.15, 0.2) is 0 Å². The molecule has 0 bridgehead atoms.